The zero-order chi connectivity index (χ0) is 15.9. The number of carbonyl (C=O) groups is 1. The number of aliphatic carboxylic acids is 1. The van der Waals surface area contributed by atoms with Crippen LogP contribution in [-0.4, -0.2) is 15.6 Å². The fourth-order valence-electron chi connectivity index (χ4n) is 2.27. The molecule has 2 aromatic rings. The Morgan fingerprint density at radius 2 is 1.95 bits per heavy atom. The van der Waals surface area contributed by atoms with Crippen LogP contribution < -0.4 is 10.2 Å². The lowest BCUT2D eigenvalue weighted by Crippen LogP contribution is -2.17. The molecule has 0 saturated carbocycles. The van der Waals surface area contributed by atoms with Gasteiger partial charge in [-0.2, -0.15) is 0 Å². The lowest BCUT2D eigenvalue weighted by Gasteiger charge is -2.16. The van der Waals surface area contributed by atoms with Crippen LogP contribution in [0.5, 0.6) is 5.75 Å². The average Bonchev–Trinajstić information content (AvgIpc) is 2.53. The molecule has 1 heterocycles. The number of hydrogen-bond donors (Lipinski definition) is 1. The smallest absolute Gasteiger partial charge is 0.305 e. The standard InChI is InChI=1S/C17H19NO4/c1-2-14-17(22-12-13-6-4-3-5-7-13)15(19)8-10-18(14)11-9-16(20)21/h3-8,10H,2,9,11-12H2,1H3,(H,20,21). The van der Waals surface area contributed by atoms with Crippen molar-refractivity contribution in [2.75, 3.05) is 0 Å². The highest BCUT2D eigenvalue weighted by Gasteiger charge is 2.12. The molecule has 0 radical (unpaired) electrons. The van der Waals surface area contributed by atoms with Gasteiger partial charge in [-0.05, 0) is 12.0 Å². The summed E-state index contributed by atoms with van der Waals surface area (Å²) in [4.78, 5) is 22.8. The second kappa shape index (κ2) is 7.45. The number of aromatic nitrogens is 1. The van der Waals surface area contributed by atoms with Crippen molar-refractivity contribution >= 4 is 5.97 Å². The second-order valence-electron chi connectivity index (χ2n) is 4.92. The van der Waals surface area contributed by atoms with E-state index in [9.17, 15) is 9.59 Å². The van der Waals surface area contributed by atoms with Gasteiger partial charge in [-0.3, -0.25) is 9.59 Å². The van der Waals surface area contributed by atoms with E-state index < -0.39 is 5.97 Å². The van der Waals surface area contributed by atoms with Gasteiger partial charge in [0, 0.05) is 18.8 Å². The molecule has 0 amide bonds. The molecule has 0 fully saturated rings. The zero-order valence-corrected chi connectivity index (χ0v) is 12.5. The first-order valence-corrected chi connectivity index (χ1v) is 7.22. The van der Waals surface area contributed by atoms with Crippen molar-refractivity contribution in [3.8, 4) is 5.75 Å². The number of nitrogens with zero attached hydrogens (tertiary/aromatic N) is 1. The van der Waals surface area contributed by atoms with Gasteiger partial charge in [0.2, 0.25) is 5.43 Å². The molecule has 0 aliphatic rings. The van der Waals surface area contributed by atoms with Crippen molar-refractivity contribution in [2.24, 2.45) is 0 Å². The third-order valence-electron chi connectivity index (χ3n) is 3.37. The number of benzene rings is 1. The van der Waals surface area contributed by atoms with E-state index >= 15 is 0 Å². The minimum Gasteiger partial charge on any atom is -0.483 e. The number of pyridine rings is 1. The highest BCUT2D eigenvalue weighted by Crippen LogP contribution is 2.16. The topological polar surface area (TPSA) is 68.5 Å². The summed E-state index contributed by atoms with van der Waals surface area (Å²) >= 11 is 0. The second-order valence-corrected chi connectivity index (χ2v) is 4.92. The molecule has 5 heteroatoms. The fourth-order valence-corrected chi connectivity index (χ4v) is 2.27. The van der Waals surface area contributed by atoms with E-state index in [4.69, 9.17) is 9.84 Å². The normalized spacial score (nSPS) is 10.4. The lowest BCUT2D eigenvalue weighted by molar-refractivity contribution is -0.137. The Kier molecular flexibility index (Phi) is 5.36. The molecule has 0 atom stereocenters. The van der Waals surface area contributed by atoms with Crippen LogP contribution in [0, 0.1) is 0 Å². The van der Waals surface area contributed by atoms with Crippen molar-refractivity contribution in [1.29, 1.82) is 0 Å². The van der Waals surface area contributed by atoms with Gasteiger partial charge in [0.15, 0.2) is 5.75 Å². The summed E-state index contributed by atoms with van der Waals surface area (Å²) in [6.45, 7) is 2.55. The molecule has 0 aliphatic carbocycles. The quantitative estimate of drug-likeness (QED) is 0.853. The summed E-state index contributed by atoms with van der Waals surface area (Å²) in [5.74, 6) is -0.563. The first kappa shape index (κ1) is 15.8. The third-order valence-corrected chi connectivity index (χ3v) is 3.37. The van der Waals surface area contributed by atoms with E-state index in [2.05, 4.69) is 0 Å². The number of hydrogen-bond acceptors (Lipinski definition) is 3. The molecule has 0 saturated heterocycles. The van der Waals surface area contributed by atoms with E-state index in [1.165, 1.54) is 6.07 Å². The largest absolute Gasteiger partial charge is 0.483 e. The zero-order valence-electron chi connectivity index (χ0n) is 12.5. The van der Waals surface area contributed by atoms with Crippen molar-refractivity contribution in [2.45, 2.75) is 32.9 Å². The SMILES string of the molecule is CCc1c(OCc2ccccc2)c(=O)ccn1CCC(=O)O. The van der Waals surface area contributed by atoms with Gasteiger partial charge < -0.3 is 14.4 Å². The van der Waals surface area contributed by atoms with E-state index in [0.717, 1.165) is 11.3 Å². The lowest BCUT2D eigenvalue weighted by atomic mass is 10.2. The van der Waals surface area contributed by atoms with Gasteiger partial charge in [-0.15, -0.1) is 0 Å². The van der Waals surface area contributed by atoms with E-state index in [1.807, 2.05) is 37.3 Å². The van der Waals surface area contributed by atoms with Gasteiger partial charge in [0.05, 0.1) is 12.1 Å². The number of rotatable bonds is 7. The molecule has 0 unspecified atom stereocenters. The molecule has 116 valence electrons. The molecule has 2 rings (SSSR count). The molecule has 1 aromatic heterocycles. The van der Waals surface area contributed by atoms with Gasteiger partial charge in [-0.25, -0.2) is 0 Å². The molecule has 5 nitrogen and oxygen atoms in total. The molecule has 1 aromatic carbocycles. The van der Waals surface area contributed by atoms with Crippen LogP contribution in [-0.2, 0) is 24.4 Å². The van der Waals surface area contributed by atoms with Gasteiger partial charge in [-0.1, -0.05) is 37.3 Å². The summed E-state index contributed by atoms with van der Waals surface area (Å²) < 4.78 is 7.49. The maximum absolute atomic E-state index is 12.1. The Labute approximate surface area is 128 Å². The molecule has 22 heavy (non-hydrogen) atoms. The average molecular weight is 301 g/mol. The molecular weight excluding hydrogens is 282 g/mol. The highest BCUT2D eigenvalue weighted by molar-refractivity contribution is 5.66. The Balaban J connectivity index is 2.23. The monoisotopic (exact) mass is 301 g/mol. The summed E-state index contributed by atoms with van der Waals surface area (Å²) in [5.41, 5.74) is 1.52. The summed E-state index contributed by atoms with van der Waals surface area (Å²) in [7, 11) is 0. The first-order chi connectivity index (χ1) is 10.6. The van der Waals surface area contributed by atoms with Crippen LogP contribution in [0.1, 0.15) is 24.6 Å². The van der Waals surface area contributed by atoms with Gasteiger partial charge >= 0.3 is 5.97 Å². The molecule has 0 spiro atoms. The number of carboxylic acids is 1. The minimum atomic E-state index is -0.868. The van der Waals surface area contributed by atoms with E-state index in [0.29, 0.717) is 25.3 Å². The van der Waals surface area contributed by atoms with Crippen LogP contribution >= 0.6 is 0 Å². The predicted molar refractivity (Wildman–Crippen MR) is 83.1 cm³/mol. The van der Waals surface area contributed by atoms with Crippen LogP contribution in [0.2, 0.25) is 0 Å². The van der Waals surface area contributed by atoms with Crippen molar-refractivity contribution in [3.63, 3.8) is 0 Å². The summed E-state index contributed by atoms with van der Waals surface area (Å²) in [6, 6.07) is 11.0. The van der Waals surface area contributed by atoms with Gasteiger partial charge in [0.1, 0.15) is 6.61 Å². The fraction of sp³-hybridized carbons (Fsp3) is 0.294. The number of aryl methyl sites for hydroxylation is 1. The number of carboxylic acid groups (broad SMARTS) is 1. The Hall–Kier alpha value is -2.56. The minimum absolute atomic E-state index is 0.00793. The van der Waals surface area contributed by atoms with Crippen LogP contribution in [0.15, 0.2) is 47.4 Å². The highest BCUT2D eigenvalue weighted by atomic mass is 16.5. The Morgan fingerprint density at radius 3 is 2.59 bits per heavy atom. The Morgan fingerprint density at radius 1 is 1.23 bits per heavy atom. The summed E-state index contributed by atoms with van der Waals surface area (Å²) in [6.07, 6.45) is 2.23. The summed E-state index contributed by atoms with van der Waals surface area (Å²) in [5, 5.41) is 8.81. The van der Waals surface area contributed by atoms with Crippen molar-refractivity contribution < 1.29 is 14.6 Å². The van der Waals surface area contributed by atoms with Crippen molar-refractivity contribution in [1.82, 2.24) is 4.57 Å². The maximum atomic E-state index is 12.1. The van der Waals surface area contributed by atoms with Gasteiger partial charge in [0.25, 0.3) is 0 Å². The third kappa shape index (κ3) is 3.97. The number of ether oxygens (including phenoxy) is 1. The van der Waals surface area contributed by atoms with E-state index in [-0.39, 0.29) is 11.8 Å². The molecule has 0 bridgehead atoms. The molecule has 1 N–H and O–H groups in total. The first-order valence-electron chi connectivity index (χ1n) is 7.22. The van der Waals surface area contributed by atoms with Crippen LogP contribution in [0.25, 0.3) is 0 Å². The van der Waals surface area contributed by atoms with Crippen molar-refractivity contribution in [3.05, 3.63) is 64.1 Å². The van der Waals surface area contributed by atoms with E-state index in [1.54, 1.807) is 10.8 Å². The Bertz CT molecular complexity index is 692. The van der Waals surface area contributed by atoms with Crippen LogP contribution in [0.3, 0.4) is 0 Å². The van der Waals surface area contributed by atoms with Crippen LogP contribution in [0.4, 0.5) is 0 Å². The predicted octanol–water partition coefficient (Wildman–Crippen LogP) is 2.46. The molecule has 0 aliphatic heterocycles. The molecular formula is C17H19NO4. The maximum Gasteiger partial charge on any atom is 0.305 e.